The van der Waals surface area contributed by atoms with Crippen molar-refractivity contribution in [2.24, 2.45) is 0 Å². The van der Waals surface area contributed by atoms with Crippen LogP contribution in [0.25, 0.3) is 10.9 Å². The maximum Gasteiger partial charge on any atom is 0.340 e. The zero-order valence-electron chi connectivity index (χ0n) is 17.0. The van der Waals surface area contributed by atoms with Crippen LogP contribution in [0.1, 0.15) is 34.1 Å². The lowest BCUT2D eigenvalue weighted by Gasteiger charge is -2.14. The summed E-state index contributed by atoms with van der Waals surface area (Å²) >= 11 is 0. The van der Waals surface area contributed by atoms with Crippen LogP contribution in [0, 0.1) is 13.8 Å². The van der Waals surface area contributed by atoms with E-state index in [4.69, 9.17) is 9.47 Å². The third-order valence-electron chi connectivity index (χ3n) is 4.73. The van der Waals surface area contributed by atoms with Crippen LogP contribution >= 0.6 is 0 Å². The summed E-state index contributed by atoms with van der Waals surface area (Å²) in [4.78, 5) is 29.7. The number of esters is 1. The second kappa shape index (κ2) is 8.73. The molecular formula is C23H24N2O4. The highest BCUT2D eigenvalue weighted by Crippen LogP contribution is 2.26. The minimum Gasteiger partial charge on any atom is -0.495 e. The Morgan fingerprint density at radius 2 is 1.86 bits per heavy atom. The molecule has 0 unspecified atom stereocenters. The number of anilines is 1. The topological polar surface area (TPSA) is 77.5 Å². The molecule has 0 atom stereocenters. The van der Waals surface area contributed by atoms with Crippen LogP contribution in [-0.4, -0.2) is 30.6 Å². The summed E-state index contributed by atoms with van der Waals surface area (Å²) < 4.78 is 10.6. The van der Waals surface area contributed by atoms with Crippen LogP contribution < -0.4 is 10.1 Å². The van der Waals surface area contributed by atoms with Crippen molar-refractivity contribution in [1.82, 2.24) is 4.98 Å². The number of carbonyl (C=O) groups is 2. The zero-order valence-corrected chi connectivity index (χ0v) is 17.0. The first-order chi connectivity index (χ1) is 13.9. The molecule has 150 valence electrons. The van der Waals surface area contributed by atoms with Gasteiger partial charge < -0.3 is 14.8 Å². The molecule has 0 spiro atoms. The predicted molar refractivity (Wildman–Crippen MR) is 113 cm³/mol. The molecule has 0 aliphatic rings. The number of aryl methyl sites for hydroxylation is 3. The summed E-state index contributed by atoms with van der Waals surface area (Å²) in [6.45, 7) is 5.32. The molecule has 29 heavy (non-hydrogen) atoms. The summed E-state index contributed by atoms with van der Waals surface area (Å²) in [5, 5.41) is 3.62. The van der Waals surface area contributed by atoms with Gasteiger partial charge in [-0.1, -0.05) is 31.2 Å². The molecule has 2 aromatic carbocycles. The van der Waals surface area contributed by atoms with Crippen molar-refractivity contribution in [3.63, 3.8) is 0 Å². The van der Waals surface area contributed by atoms with E-state index in [-0.39, 0.29) is 0 Å². The third kappa shape index (κ3) is 4.37. The number of fused-ring (bicyclic) bond motifs is 1. The number of nitrogens with one attached hydrogen (secondary N) is 1. The minimum absolute atomic E-state index is 0.397. The number of aromatic nitrogens is 1. The first-order valence-electron chi connectivity index (χ1n) is 9.44. The Bertz CT molecular complexity index is 1080. The van der Waals surface area contributed by atoms with Crippen molar-refractivity contribution in [2.75, 3.05) is 19.0 Å². The second-order valence-corrected chi connectivity index (χ2v) is 6.76. The van der Waals surface area contributed by atoms with Crippen LogP contribution in [0.5, 0.6) is 5.75 Å². The molecule has 0 saturated heterocycles. The Kier molecular flexibility index (Phi) is 6.12. The lowest BCUT2D eigenvalue weighted by molar-refractivity contribution is -0.119. The van der Waals surface area contributed by atoms with Gasteiger partial charge in [-0.15, -0.1) is 0 Å². The largest absolute Gasteiger partial charge is 0.495 e. The van der Waals surface area contributed by atoms with Gasteiger partial charge in [0.1, 0.15) is 5.75 Å². The Hall–Kier alpha value is -3.41. The van der Waals surface area contributed by atoms with Crippen LogP contribution in [0.15, 0.2) is 42.5 Å². The van der Waals surface area contributed by atoms with Gasteiger partial charge in [0.05, 0.1) is 29.6 Å². The maximum atomic E-state index is 12.8. The molecule has 0 bridgehead atoms. The number of ether oxygens (including phenoxy) is 2. The molecule has 1 amide bonds. The maximum absolute atomic E-state index is 12.8. The number of benzene rings is 2. The van der Waals surface area contributed by atoms with E-state index in [1.807, 2.05) is 51.1 Å². The fourth-order valence-corrected chi connectivity index (χ4v) is 3.28. The number of methoxy groups -OCH3 is 1. The van der Waals surface area contributed by atoms with Gasteiger partial charge in [-0.2, -0.15) is 0 Å². The highest BCUT2D eigenvalue weighted by molar-refractivity contribution is 6.00. The minimum atomic E-state index is -0.552. The van der Waals surface area contributed by atoms with E-state index in [0.29, 0.717) is 29.1 Å². The number of amides is 1. The molecule has 0 saturated carbocycles. The average molecular weight is 392 g/mol. The number of rotatable bonds is 6. The highest BCUT2D eigenvalue weighted by atomic mass is 16.5. The van der Waals surface area contributed by atoms with Gasteiger partial charge in [-0.3, -0.25) is 9.78 Å². The monoisotopic (exact) mass is 392 g/mol. The number of hydrogen-bond donors (Lipinski definition) is 1. The van der Waals surface area contributed by atoms with Gasteiger partial charge in [0, 0.05) is 5.39 Å². The van der Waals surface area contributed by atoms with E-state index in [0.717, 1.165) is 22.0 Å². The fraction of sp³-hybridized carbons (Fsp3) is 0.261. The number of para-hydroxylation sites is 1. The van der Waals surface area contributed by atoms with Crippen molar-refractivity contribution in [3.8, 4) is 5.75 Å². The molecule has 1 N–H and O–H groups in total. The molecule has 6 heteroatoms. The molecular weight excluding hydrogens is 368 g/mol. The SMILES string of the molecule is CCc1nc2ccccc2c(C)c1C(=O)OCC(=O)Nc1cc(C)ccc1OC. The van der Waals surface area contributed by atoms with E-state index in [1.165, 1.54) is 7.11 Å². The van der Waals surface area contributed by atoms with E-state index in [1.54, 1.807) is 12.1 Å². The van der Waals surface area contributed by atoms with Gasteiger partial charge in [0.15, 0.2) is 6.61 Å². The van der Waals surface area contributed by atoms with Crippen molar-refractivity contribution < 1.29 is 19.1 Å². The lowest BCUT2D eigenvalue weighted by atomic mass is 10.0. The number of pyridine rings is 1. The van der Waals surface area contributed by atoms with Crippen LogP contribution in [-0.2, 0) is 16.0 Å². The Balaban J connectivity index is 1.77. The Morgan fingerprint density at radius 1 is 1.10 bits per heavy atom. The van der Waals surface area contributed by atoms with E-state index < -0.39 is 18.5 Å². The predicted octanol–water partition coefficient (Wildman–Crippen LogP) is 4.22. The van der Waals surface area contributed by atoms with E-state index >= 15 is 0 Å². The molecule has 0 aliphatic heterocycles. The van der Waals surface area contributed by atoms with Gasteiger partial charge >= 0.3 is 5.97 Å². The fourth-order valence-electron chi connectivity index (χ4n) is 3.28. The summed E-state index contributed by atoms with van der Waals surface area (Å²) in [6.07, 6.45) is 0.586. The first-order valence-corrected chi connectivity index (χ1v) is 9.44. The number of carbonyl (C=O) groups excluding carboxylic acids is 2. The summed E-state index contributed by atoms with van der Waals surface area (Å²) in [5.74, 6) is -0.450. The number of hydrogen-bond acceptors (Lipinski definition) is 5. The third-order valence-corrected chi connectivity index (χ3v) is 4.73. The smallest absolute Gasteiger partial charge is 0.340 e. The van der Waals surface area contributed by atoms with Gasteiger partial charge in [-0.25, -0.2) is 4.79 Å². The van der Waals surface area contributed by atoms with Crippen LogP contribution in [0.3, 0.4) is 0 Å². The van der Waals surface area contributed by atoms with Crippen molar-refractivity contribution in [1.29, 1.82) is 0 Å². The molecule has 0 fully saturated rings. The standard InChI is InChI=1S/C23H24N2O4/c1-5-17-22(15(3)16-8-6-7-9-18(16)24-17)23(27)29-13-21(26)25-19-12-14(2)10-11-20(19)28-4/h6-12H,5,13H2,1-4H3,(H,25,26). The van der Waals surface area contributed by atoms with Crippen LogP contribution in [0.4, 0.5) is 5.69 Å². The first kappa shape index (κ1) is 20.3. The van der Waals surface area contributed by atoms with E-state index in [9.17, 15) is 9.59 Å². The van der Waals surface area contributed by atoms with Gasteiger partial charge in [0.2, 0.25) is 0 Å². The second-order valence-electron chi connectivity index (χ2n) is 6.76. The molecule has 0 aliphatic carbocycles. The van der Waals surface area contributed by atoms with Gasteiger partial charge in [-0.05, 0) is 49.6 Å². The van der Waals surface area contributed by atoms with Crippen LogP contribution in [0.2, 0.25) is 0 Å². The lowest BCUT2D eigenvalue weighted by Crippen LogP contribution is -2.22. The van der Waals surface area contributed by atoms with Crippen molar-refractivity contribution >= 4 is 28.5 Å². The molecule has 1 aromatic heterocycles. The van der Waals surface area contributed by atoms with Gasteiger partial charge in [0.25, 0.3) is 5.91 Å². The highest BCUT2D eigenvalue weighted by Gasteiger charge is 2.20. The summed E-state index contributed by atoms with van der Waals surface area (Å²) in [7, 11) is 1.53. The normalized spacial score (nSPS) is 10.6. The Morgan fingerprint density at radius 3 is 2.59 bits per heavy atom. The summed E-state index contributed by atoms with van der Waals surface area (Å²) in [6, 6.07) is 13.1. The summed E-state index contributed by atoms with van der Waals surface area (Å²) in [5.41, 5.74) is 4.23. The molecule has 3 aromatic rings. The quantitative estimate of drug-likeness (QED) is 0.636. The molecule has 3 rings (SSSR count). The average Bonchev–Trinajstić information content (AvgIpc) is 2.72. The molecule has 0 radical (unpaired) electrons. The molecule has 6 nitrogen and oxygen atoms in total. The van der Waals surface area contributed by atoms with Crippen molar-refractivity contribution in [2.45, 2.75) is 27.2 Å². The molecule has 1 heterocycles. The van der Waals surface area contributed by atoms with Crippen molar-refractivity contribution in [3.05, 3.63) is 64.8 Å². The number of nitrogens with zero attached hydrogens (tertiary/aromatic N) is 1. The zero-order chi connectivity index (χ0) is 21.0. The van der Waals surface area contributed by atoms with E-state index in [2.05, 4.69) is 10.3 Å². The Labute approximate surface area is 169 Å².